The largest absolute Gasteiger partial charge is 0.494 e. The molecule has 2 saturated carbocycles. The van der Waals surface area contributed by atoms with E-state index < -0.39 is 18.5 Å². The first kappa shape index (κ1) is 24.4. The van der Waals surface area contributed by atoms with Crippen molar-refractivity contribution in [2.75, 3.05) is 23.8 Å². The average Bonchev–Trinajstić information content (AvgIpc) is 2.84. The first-order valence-corrected chi connectivity index (χ1v) is 12.1. The lowest BCUT2D eigenvalue weighted by molar-refractivity contribution is -0.155. The van der Waals surface area contributed by atoms with E-state index in [1.807, 2.05) is 6.92 Å². The number of ether oxygens (including phenoxy) is 2. The van der Waals surface area contributed by atoms with E-state index in [-0.39, 0.29) is 29.4 Å². The Morgan fingerprint density at radius 1 is 0.886 bits per heavy atom. The molecular formula is C27H30N2O6. The van der Waals surface area contributed by atoms with Gasteiger partial charge >= 0.3 is 5.97 Å². The average molecular weight is 479 g/mol. The second kappa shape index (κ2) is 11.2. The molecule has 2 fully saturated rings. The van der Waals surface area contributed by atoms with Gasteiger partial charge in [0.25, 0.3) is 11.8 Å². The van der Waals surface area contributed by atoms with E-state index in [0.29, 0.717) is 36.4 Å². The lowest BCUT2D eigenvalue weighted by atomic mass is 9.67. The number of carbonyl (C=O) groups excluding carboxylic acids is 4. The molecule has 0 aliphatic heterocycles. The van der Waals surface area contributed by atoms with Gasteiger partial charge in [-0.15, -0.1) is 0 Å². The molecule has 4 rings (SSSR count). The van der Waals surface area contributed by atoms with Crippen LogP contribution in [0.3, 0.4) is 0 Å². The van der Waals surface area contributed by atoms with E-state index in [1.165, 1.54) is 0 Å². The lowest BCUT2D eigenvalue weighted by Crippen LogP contribution is -2.40. The number of benzene rings is 2. The second-order valence-electron chi connectivity index (χ2n) is 9.04. The predicted octanol–water partition coefficient (Wildman–Crippen LogP) is 4.21. The number of amides is 2. The summed E-state index contributed by atoms with van der Waals surface area (Å²) < 4.78 is 10.6. The number of hydrogen-bond acceptors (Lipinski definition) is 6. The monoisotopic (exact) mass is 478 g/mol. The number of rotatable bonds is 8. The van der Waals surface area contributed by atoms with Gasteiger partial charge in [0, 0.05) is 28.8 Å². The van der Waals surface area contributed by atoms with Crippen molar-refractivity contribution in [1.82, 2.24) is 0 Å². The van der Waals surface area contributed by atoms with Crippen molar-refractivity contribution in [2.24, 2.45) is 17.8 Å². The molecule has 2 amide bonds. The summed E-state index contributed by atoms with van der Waals surface area (Å²) in [4.78, 5) is 49.4. The lowest BCUT2D eigenvalue weighted by Gasteiger charge is -2.36. The van der Waals surface area contributed by atoms with Crippen molar-refractivity contribution < 1.29 is 28.7 Å². The van der Waals surface area contributed by atoms with Crippen molar-refractivity contribution in [3.8, 4) is 5.75 Å². The van der Waals surface area contributed by atoms with Gasteiger partial charge in [-0.05, 0) is 81.1 Å². The Bertz CT molecular complexity index is 1060. The molecule has 0 heterocycles. The third-order valence-corrected chi connectivity index (χ3v) is 6.58. The van der Waals surface area contributed by atoms with Crippen LogP contribution in [0, 0.1) is 17.8 Å². The molecule has 2 aromatic rings. The van der Waals surface area contributed by atoms with E-state index in [1.54, 1.807) is 48.5 Å². The molecule has 35 heavy (non-hydrogen) atoms. The third-order valence-electron chi connectivity index (χ3n) is 6.58. The van der Waals surface area contributed by atoms with Crippen molar-refractivity contribution in [1.29, 1.82) is 0 Å². The summed E-state index contributed by atoms with van der Waals surface area (Å²) >= 11 is 0. The van der Waals surface area contributed by atoms with Crippen LogP contribution < -0.4 is 15.4 Å². The number of fused-ring (bicyclic) bond motifs is 2. The van der Waals surface area contributed by atoms with Crippen LogP contribution in [-0.2, 0) is 19.1 Å². The predicted molar refractivity (Wildman–Crippen MR) is 130 cm³/mol. The van der Waals surface area contributed by atoms with Gasteiger partial charge in [-0.25, -0.2) is 0 Å². The van der Waals surface area contributed by atoms with Gasteiger partial charge in [0.1, 0.15) is 11.5 Å². The standard InChI is InChI=1S/C27H30N2O6/c1-2-34-23-12-10-22(11-13-23)29-26(32)17-6-8-21(9-7-17)28-24(30)16-35-27(33)20-14-18-4-3-5-19(15-20)25(18)31/h6-13,18-20H,2-5,14-16H2,1H3,(H,28,30)(H,29,32). The van der Waals surface area contributed by atoms with E-state index in [4.69, 9.17) is 9.47 Å². The number of nitrogens with one attached hydrogen (secondary N) is 2. The van der Waals surface area contributed by atoms with Crippen LogP contribution in [0.5, 0.6) is 5.75 Å². The molecule has 8 heteroatoms. The fourth-order valence-electron chi connectivity index (χ4n) is 4.83. The van der Waals surface area contributed by atoms with Gasteiger partial charge < -0.3 is 20.1 Å². The van der Waals surface area contributed by atoms with Crippen LogP contribution >= 0.6 is 0 Å². The van der Waals surface area contributed by atoms with Crippen LogP contribution in [-0.4, -0.2) is 36.8 Å². The zero-order valence-electron chi connectivity index (χ0n) is 19.8. The van der Waals surface area contributed by atoms with Crippen LogP contribution in [0.4, 0.5) is 11.4 Å². The highest BCUT2D eigenvalue weighted by Gasteiger charge is 2.41. The number of anilines is 2. The summed E-state index contributed by atoms with van der Waals surface area (Å²) in [6.45, 7) is 2.08. The minimum absolute atomic E-state index is 0.0426. The Labute approximate surface area is 204 Å². The topological polar surface area (TPSA) is 111 Å². The minimum Gasteiger partial charge on any atom is -0.494 e. The summed E-state index contributed by atoms with van der Waals surface area (Å²) in [6, 6.07) is 13.5. The fraction of sp³-hybridized carbons (Fsp3) is 0.407. The van der Waals surface area contributed by atoms with Gasteiger partial charge in [0.15, 0.2) is 6.61 Å². The second-order valence-corrected chi connectivity index (χ2v) is 9.04. The number of Topliss-reactive ketones (excluding diaryl/α,β-unsaturated/α-hetero) is 1. The number of esters is 1. The quantitative estimate of drug-likeness (QED) is 0.550. The van der Waals surface area contributed by atoms with Crippen molar-refractivity contribution >= 4 is 34.9 Å². The van der Waals surface area contributed by atoms with Gasteiger partial charge in [0.05, 0.1) is 12.5 Å². The van der Waals surface area contributed by atoms with E-state index in [9.17, 15) is 19.2 Å². The maximum absolute atomic E-state index is 12.5. The molecule has 8 nitrogen and oxygen atoms in total. The summed E-state index contributed by atoms with van der Waals surface area (Å²) in [7, 11) is 0. The molecule has 2 aromatic carbocycles. The Kier molecular flexibility index (Phi) is 7.80. The highest BCUT2D eigenvalue weighted by atomic mass is 16.5. The number of ketones is 1. The Balaban J connectivity index is 1.23. The normalized spacial score (nSPS) is 21.1. The summed E-state index contributed by atoms with van der Waals surface area (Å²) in [5.74, 6) is -0.538. The molecule has 0 aromatic heterocycles. The molecule has 0 radical (unpaired) electrons. The van der Waals surface area contributed by atoms with Crippen molar-refractivity contribution in [3.63, 3.8) is 0 Å². The van der Waals surface area contributed by atoms with E-state index >= 15 is 0 Å². The summed E-state index contributed by atoms with van der Waals surface area (Å²) in [5.41, 5.74) is 1.56. The molecule has 2 aliphatic rings. The molecule has 2 atom stereocenters. The minimum atomic E-state index is -0.461. The number of carbonyl (C=O) groups is 4. The Morgan fingerprint density at radius 3 is 2.11 bits per heavy atom. The van der Waals surface area contributed by atoms with E-state index in [2.05, 4.69) is 10.6 Å². The molecule has 184 valence electrons. The van der Waals surface area contributed by atoms with Crippen LogP contribution in [0.2, 0.25) is 0 Å². The van der Waals surface area contributed by atoms with Gasteiger partial charge in [-0.3, -0.25) is 19.2 Å². The maximum atomic E-state index is 12.5. The van der Waals surface area contributed by atoms with Gasteiger partial charge in [-0.1, -0.05) is 6.42 Å². The summed E-state index contributed by atoms with van der Waals surface area (Å²) in [5, 5.41) is 5.47. The molecule has 2 unspecified atom stereocenters. The van der Waals surface area contributed by atoms with Crippen LogP contribution in [0.1, 0.15) is 49.4 Å². The van der Waals surface area contributed by atoms with Gasteiger partial charge in [-0.2, -0.15) is 0 Å². The first-order valence-electron chi connectivity index (χ1n) is 12.1. The fourth-order valence-corrected chi connectivity index (χ4v) is 4.83. The molecule has 0 spiro atoms. The molecular weight excluding hydrogens is 448 g/mol. The van der Waals surface area contributed by atoms with Gasteiger partial charge in [0.2, 0.25) is 0 Å². The Morgan fingerprint density at radius 2 is 1.49 bits per heavy atom. The maximum Gasteiger partial charge on any atom is 0.309 e. The van der Waals surface area contributed by atoms with Crippen LogP contribution in [0.25, 0.3) is 0 Å². The van der Waals surface area contributed by atoms with E-state index in [0.717, 1.165) is 25.0 Å². The zero-order chi connectivity index (χ0) is 24.8. The zero-order valence-corrected chi connectivity index (χ0v) is 19.8. The molecule has 2 bridgehead atoms. The third kappa shape index (κ3) is 6.26. The van der Waals surface area contributed by atoms with Crippen molar-refractivity contribution in [2.45, 2.75) is 39.0 Å². The smallest absolute Gasteiger partial charge is 0.309 e. The molecule has 2 aliphatic carbocycles. The Hall–Kier alpha value is -3.68. The van der Waals surface area contributed by atoms with Crippen LogP contribution in [0.15, 0.2) is 48.5 Å². The highest BCUT2D eigenvalue weighted by Crippen LogP contribution is 2.40. The summed E-state index contributed by atoms with van der Waals surface area (Å²) in [6.07, 6.45) is 3.76. The first-order chi connectivity index (χ1) is 16.9. The SMILES string of the molecule is CCOc1ccc(NC(=O)c2ccc(NC(=O)COC(=O)C3CC4CCCC(C3)C4=O)cc2)cc1. The molecule has 0 saturated heterocycles. The van der Waals surface area contributed by atoms with Crippen molar-refractivity contribution in [3.05, 3.63) is 54.1 Å². The number of hydrogen-bond donors (Lipinski definition) is 2. The molecule has 2 N–H and O–H groups in total. The highest BCUT2D eigenvalue weighted by molar-refractivity contribution is 6.04.